The highest BCUT2D eigenvalue weighted by Crippen LogP contribution is 2.21. The maximum Gasteiger partial charge on any atom is 0.254 e. The van der Waals surface area contributed by atoms with Gasteiger partial charge in [-0.1, -0.05) is 18.2 Å². The van der Waals surface area contributed by atoms with Crippen LogP contribution in [-0.4, -0.2) is 40.0 Å². The molecule has 1 unspecified atom stereocenters. The van der Waals surface area contributed by atoms with Crippen molar-refractivity contribution in [2.45, 2.75) is 12.5 Å². The van der Waals surface area contributed by atoms with Crippen LogP contribution < -0.4 is 4.74 Å². The monoisotopic (exact) mass is 319 g/mol. The summed E-state index contributed by atoms with van der Waals surface area (Å²) in [5, 5.41) is 1.09. The minimum Gasteiger partial charge on any atom is -0.472 e. The Morgan fingerprint density at radius 1 is 1.08 bits per heavy atom. The van der Waals surface area contributed by atoms with Gasteiger partial charge in [-0.3, -0.25) is 9.78 Å². The fourth-order valence-corrected chi connectivity index (χ4v) is 2.97. The van der Waals surface area contributed by atoms with Crippen molar-refractivity contribution in [2.75, 3.05) is 13.1 Å². The number of nitrogens with zero attached hydrogens (tertiary/aromatic N) is 3. The highest BCUT2D eigenvalue weighted by Gasteiger charge is 2.28. The zero-order valence-electron chi connectivity index (χ0n) is 13.1. The molecule has 4 rings (SSSR count). The SMILES string of the molecule is O=C(c1ccncc1)N1CCC(Oc2ccc3ccccc3n2)C1. The summed E-state index contributed by atoms with van der Waals surface area (Å²) in [4.78, 5) is 22.7. The molecule has 1 amide bonds. The van der Waals surface area contributed by atoms with Gasteiger partial charge in [-0.05, 0) is 24.3 Å². The first kappa shape index (κ1) is 14.6. The first-order valence-corrected chi connectivity index (χ1v) is 8.01. The molecule has 120 valence electrons. The molecule has 0 aliphatic carbocycles. The Bertz CT molecular complexity index is 867. The van der Waals surface area contributed by atoms with E-state index in [1.165, 1.54) is 0 Å². The number of amides is 1. The third-order valence-corrected chi connectivity index (χ3v) is 4.22. The Morgan fingerprint density at radius 2 is 1.92 bits per heavy atom. The van der Waals surface area contributed by atoms with Gasteiger partial charge in [0.15, 0.2) is 0 Å². The van der Waals surface area contributed by atoms with E-state index in [2.05, 4.69) is 9.97 Å². The van der Waals surface area contributed by atoms with Crippen LogP contribution in [0.15, 0.2) is 60.9 Å². The number of ether oxygens (including phenoxy) is 1. The van der Waals surface area contributed by atoms with E-state index in [1.54, 1.807) is 24.5 Å². The molecule has 24 heavy (non-hydrogen) atoms. The van der Waals surface area contributed by atoms with Gasteiger partial charge in [0.05, 0.1) is 12.1 Å². The summed E-state index contributed by atoms with van der Waals surface area (Å²) in [5.74, 6) is 0.631. The van der Waals surface area contributed by atoms with Gasteiger partial charge >= 0.3 is 0 Å². The van der Waals surface area contributed by atoms with Crippen LogP contribution in [0.25, 0.3) is 10.9 Å². The third kappa shape index (κ3) is 2.93. The van der Waals surface area contributed by atoms with Crippen molar-refractivity contribution >= 4 is 16.8 Å². The molecule has 1 aromatic carbocycles. The number of carbonyl (C=O) groups excluding carboxylic acids is 1. The Balaban J connectivity index is 1.44. The number of fused-ring (bicyclic) bond motifs is 1. The minimum atomic E-state index is -0.0237. The standard InChI is InChI=1S/C19H17N3O2/c23-19(15-7-10-20-11-8-15)22-12-9-16(13-22)24-18-6-5-14-3-1-2-4-17(14)21-18/h1-8,10-11,16H,9,12-13H2. The van der Waals surface area contributed by atoms with E-state index in [-0.39, 0.29) is 12.0 Å². The molecule has 5 nitrogen and oxygen atoms in total. The molecule has 0 bridgehead atoms. The van der Waals surface area contributed by atoms with Crippen LogP contribution in [0.1, 0.15) is 16.8 Å². The molecule has 1 aliphatic rings. The average Bonchev–Trinajstić information content (AvgIpc) is 3.10. The Labute approximate surface area is 139 Å². The van der Waals surface area contributed by atoms with E-state index in [0.717, 1.165) is 17.3 Å². The molecular formula is C19H17N3O2. The van der Waals surface area contributed by atoms with Crippen LogP contribution in [0.4, 0.5) is 0 Å². The van der Waals surface area contributed by atoms with E-state index in [1.807, 2.05) is 41.3 Å². The second-order valence-corrected chi connectivity index (χ2v) is 5.86. The second-order valence-electron chi connectivity index (χ2n) is 5.86. The fraction of sp³-hybridized carbons (Fsp3) is 0.211. The highest BCUT2D eigenvalue weighted by atomic mass is 16.5. The van der Waals surface area contributed by atoms with Crippen LogP contribution in [-0.2, 0) is 0 Å². The van der Waals surface area contributed by atoms with Gasteiger partial charge in [0.25, 0.3) is 5.91 Å². The number of para-hydroxylation sites is 1. The molecule has 2 aromatic heterocycles. The number of aromatic nitrogens is 2. The van der Waals surface area contributed by atoms with Crippen LogP contribution in [0.5, 0.6) is 5.88 Å². The van der Waals surface area contributed by atoms with Crippen molar-refractivity contribution in [2.24, 2.45) is 0 Å². The largest absolute Gasteiger partial charge is 0.472 e. The number of hydrogen-bond acceptors (Lipinski definition) is 4. The van der Waals surface area contributed by atoms with E-state index >= 15 is 0 Å². The van der Waals surface area contributed by atoms with Crippen molar-refractivity contribution in [1.82, 2.24) is 14.9 Å². The maximum absolute atomic E-state index is 12.4. The number of hydrogen-bond donors (Lipinski definition) is 0. The maximum atomic E-state index is 12.4. The van der Waals surface area contributed by atoms with E-state index in [0.29, 0.717) is 24.5 Å². The van der Waals surface area contributed by atoms with Crippen LogP contribution >= 0.6 is 0 Å². The lowest BCUT2D eigenvalue weighted by atomic mass is 10.2. The molecule has 0 radical (unpaired) electrons. The zero-order chi connectivity index (χ0) is 16.4. The molecule has 5 heteroatoms. The minimum absolute atomic E-state index is 0.0231. The second kappa shape index (κ2) is 6.28. The fourth-order valence-electron chi connectivity index (χ4n) is 2.97. The normalized spacial score (nSPS) is 17.2. The summed E-state index contributed by atoms with van der Waals surface area (Å²) in [6, 6.07) is 15.3. The number of carbonyl (C=O) groups is 1. The molecule has 3 aromatic rings. The lowest BCUT2D eigenvalue weighted by Gasteiger charge is -2.17. The molecule has 1 fully saturated rings. The first-order chi connectivity index (χ1) is 11.8. The first-order valence-electron chi connectivity index (χ1n) is 8.01. The topological polar surface area (TPSA) is 55.3 Å². The van der Waals surface area contributed by atoms with Crippen LogP contribution in [0.3, 0.4) is 0 Å². The van der Waals surface area contributed by atoms with Gasteiger partial charge in [-0.2, -0.15) is 0 Å². The Kier molecular flexibility index (Phi) is 3.83. The van der Waals surface area contributed by atoms with Crippen molar-refractivity contribution in [3.63, 3.8) is 0 Å². The molecule has 1 saturated heterocycles. The summed E-state index contributed by atoms with van der Waals surface area (Å²) < 4.78 is 5.98. The van der Waals surface area contributed by atoms with Gasteiger partial charge < -0.3 is 9.64 Å². The van der Waals surface area contributed by atoms with Gasteiger partial charge in [0, 0.05) is 42.4 Å². The highest BCUT2D eigenvalue weighted by molar-refractivity contribution is 5.94. The summed E-state index contributed by atoms with van der Waals surface area (Å²) >= 11 is 0. The third-order valence-electron chi connectivity index (χ3n) is 4.22. The molecule has 0 spiro atoms. The molecule has 0 N–H and O–H groups in total. The quantitative estimate of drug-likeness (QED) is 0.745. The van der Waals surface area contributed by atoms with Crippen molar-refractivity contribution in [3.8, 4) is 5.88 Å². The van der Waals surface area contributed by atoms with E-state index in [4.69, 9.17) is 4.74 Å². The lowest BCUT2D eigenvalue weighted by molar-refractivity contribution is 0.0771. The Hall–Kier alpha value is -2.95. The van der Waals surface area contributed by atoms with E-state index < -0.39 is 0 Å². The van der Waals surface area contributed by atoms with Gasteiger partial charge in [-0.25, -0.2) is 4.98 Å². The number of likely N-dealkylation sites (tertiary alicyclic amines) is 1. The summed E-state index contributed by atoms with van der Waals surface area (Å²) in [5.41, 5.74) is 1.58. The van der Waals surface area contributed by atoms with E-state index in [9.17, 15) is 4.79 Å². The van der Waals surface area contributed by atoms with Crippen molar-refractivity contribution in [3.05, 3.63) is 66.5 Å². The number of benzene rings is 1. The smallest absolute Gasteiger partial charge is 0.254 e. The molecule has 0 saturated carbocycles. The molecule has 1 atom stereocenters. The number of rotatable bonds is 3. The molecule has 1 aliphatic heterocycles. The summed E-state index contributed by atoms with van der Waals surface area (Å²) in [7, 11) is 0. The van der Waals surface area contributed by atoms with Crippen LogP contribution in [0.2, 0.25) is 0 Å². The van der Waals surface area contributed by atoms with Crippen molar-refractivity contribution < 1.29 is 9.53 Å². The predicted molar refractivity (Wildman–Crippen MR) is 90.9 cm³/mol. The lowest BCUT2D eigenvalue weighted by Crippen LogP contribution is -2.31. The van der Waals surface area contributed by atoms with Gasteiger partial charge in [0.1, 0.15) is 6.10 Å². The molecular weight excluding hydrogens is 302 g/mol. The van der Waals surface area contributed by atoms with Gasteiger partial charge in [-0.15, -0.1) is 0 Å². The summed E-state index contributed by atoms with van der Waals surface area (Å²) in [6.07, 6.45) is 4.06. The van der Waals surface area contributed by atoms with Gasteiger partial charge in [0.2, 0.25) is 5.88 Å². The molecule has 3 heterocycles. The van der Waals surface area contributed by atoms with Crippen LogP contribution in [0, 0.1) is 0 Å². The Morgan fingerprint density at radius 3 is 2.79 bits per heavy atom. The predicted octanol–water partition coefficient (Wildman–Crippen LogP) is 2.92. The zero-order valence-corrected chi connectivity index (χ0v) is 13.1. The average molecular weight is 319 g/mol. The van der Waals surface area contributed by atoms with Crippen molar-refractivity contribution in [1.29, 1.82) is 0 Å². The number of pyridine rings is 2. The summed E-state index contributed by atoms with van der Waals surface area (Å²) in [6.45, 7) is 1.27.